The molecule has 0 unspecified atom stereocenters. The normalized spacial score (nSPS) is 6.83. The van der Waals surface area contributed by atoms with E-state index in [0.717, 1.165) is 0 Å². The predicted molar refractivity (Wildman–Crippen MR) is 56.7 cm³/mol. The fraction of sp³-hybridized carbons (Fsp3) is 0. The molecule has 116 valence electrons. The van der Waals surface area contributed by atoms with Gasteiger partial charge < -0.3 is 52.7 Å². The average Bonchev–Trinajstić information content (AvgIpc) is 1.14. The van der Waals surface area contributed by atoms with E-state index in [4.69, 9.17) is 9.79 Å². The summed E-state index contributed by atoms with van der Waals surface area (Å²) in [5.41, 5.74) is 0. The minimum Gasteiger partial charge on any atom is -0.725 e. The van der Waals surface area contributed by atoms with Crippen LogP contribution in [0.1, 0.15) is 0 Å². The molecule has 0 aromatic heterocycles. The van der Waals surface area contributed by atoms with Crippen molar-refractivity contribution in [2.75, 3.05) is 0 Å². The molecule has 0 saturated heterocycles. The Morgan fingerprint density at radius 3 is 1.06 bits per heavy atom. The van der Waals surface area contributed by atoms with Crippen LogP contribution in [-0.2, 0) is 18.9 Å². The Bertz CT molecular complexity index is 228. The van der Waals surface area contributed by atoms with Gasteiger partial charge in [-0.2, -0.15) is 3.97 Å². The van der Waals surface area contributed by atoms with Crippen molar-refractivity contribution in [3.63, 3.8) is 0 Å². The maximum atomic E-state index is 9.54. The summed E-state index contributed by atoms with van der Waals surface area (Å²) in [7, 11) is -10.5. The van der Waals surface area contributed by atoms with E-state index in [1.54, 1.807) is 0 Å². The van der Waals surface area contributed by atoms with E-state index in [1.165, 1.54) is 0 Å². The molecule has 0 amide bonds. The third-order valence-electron chi connectivity index (χ3n) is 0.188. The van der Waals surface area contributed by atoms with Gasteiger partial charge >= 0.3 is 60.4 Å². The average molecular weight is 352 g/mol. The molecule has 0 rings (SSSR count). The Morgan fingerprint density at radius 2 is 1.06 bits per heavy atom. The van der Waals surface area contributed by atoms with Crippen molar-refractivity contribution >= 4 is 41.3 Å². The molecule has 0 aromatic rings. The molecule has 0 aliphatic carbocycles. The Morgan fingerprint density at radius 1 is 0.889 bits per heavy atom. The first-order valence-corrected chi connectivity index (χ1v) is 4.30. The Labute approximate surface area is 140 Å². The van der Waals surface area contributed by atoms with Gasteiger partial charge in [0.15, 0.2) is 0 Å². The van der Waals surface area contributed by atoms with E-state index in [9.17, 15) is 17.5 Å². The third-order valence-corrected chi connectivity index (χ3v) is 1.70. The van der Waals surface area contributed by atoms with Crippen LogP contribution in [0.5, 0.6) is 0 Å². The van der Waals surface area contributed by atoms with Crippen LogP contribution in [0, 0.1) is 0 Å². The van der Waals surface area contributed by atoms with Crippen molar-refractivity contribution < 1.29 is 99.2 Å². The monoisotopic (exact) mass is 352 g/mol. The summed E-state index contributed by atoms with van der Waals surface area (Å²) in [5, 5.41) is 0. The summed E-state index contributed by atoms with van der Waals surface area (Å²) >= 11 is 0. The van der Waals surface area contributed by atoms with Gasteiger partial charge in [0, 0.05) is 0 Å². The zero-order chi connectivity index (χ0) is 7.71. The van der Waals surface area contributed by atoms with E-state index in [2.05, 4.69) is 3.97 Å². The van der Waals surface area contributed by atoms with E-state index < -0.39 is 18.2 Å². The second-order valence-electron chi connectivity index (χ2n) is 0.973. The summed E-state index contributed by atoms with van der Waals surface area (Å²) < 4.78 is 40.4. The van der Waals surface area contributed by atoms with Gasteiger partial charge in [-0.05, 0) is 0 Å². The van der Waals surface area contributed by atoms with Gasteiger partial charge in [0.25, 0.3) is 0 Å². The maximum absolute atomic E-state index is 9.54. The molecule has 0 fully saturated rings. The number of rotatable bonds is 2. The molecule has 18 heteroatoms. The molecular weight excluding hydrogens is 334 g/mol. The largest absolute Gasteiger partial charge is 1.00 e. The van der Waals surface area contributed by atoms with Crippen molar-refractivity contribution in [1.82, 2.24) is 0 Å². The van der Waals surface area contributed by atoms with Crippen molar-refractivity contribution in [3.8, 4) is 0 Å². The molecule has 0 heterocycles. The minimum absolute atomic E-state index is 0. The molecular formula is H18MgNaO14PS. The first kappa shape index (κ1) is 73.9. The van der Waals surface area contributed by atoms with Gasteiger partial charge in [-0.25, -0.2) is 13.0 Å². The van der Waals surface area contributed by atoms with Crippen molar-refractivity contribution in [2.24, 2.45) is 0 Å². The smallest absolute Gasteiger partial charge is 0.725 e. The number of hydrogen-bond donors (Lipinski definition) is 2. The summed E-state index contributed by atoms with van der Waals surface area (Å²) in [6.07, 6.45) is 0. The van der Waals surface area contributed by atoms with Crippen molar-refractivity contribution in [3.05, 3.63) is 0 Å². The van der Waals surface area contributed by atoms with E-state index >= 15 is 0 Å². The third kappa shape index (κ3) is 84.7. The summed E-state index contributed by atoms with van der Waals surface area (Å²) in [6.45, 7) is 0. The van der Waals surface area contributed by atoms with Crippen LogP contribution >= 0.6 is 7.82 Å². The molecule has 14 nitrogen and oxygen atoms in total. The molecule has 0 radical (unpaired) electrons. The van der Waals surface area contributed by atoms with Crippen LogP contribution in [0.25, 0.3) is 0 Å². The Hall–Kier alpha value is 1.51. The molecule has 0 aliphatic rings. The minimum atomic E-state index is -5.29. The van der Waals surface area contributed by atoms with Crippen LogP contribution in [0.2, 0.25) is 0 Å². The Kier molecular flexibility index (Phi) is 111. The zero-order valence-electron chi connectivity index (χ0n) is 8.29. The van der Waals surface area contributed by atoms with E-state index in [1.807, 2.05) is 0 Å². The van der Waals surface area contributed by atoms with Gasteiger partial charge in [0.05, 0.1) is 0 Å². The molecule has 0 spiro atoms. The fourth-order valence-corrected chi connectivity index (χ4v) is 1.07. The van der Waals surface area contributed by atoms with E-state index in [-0.39, 0.29) is 90.9 Å². The van der Waals surface area contributed by atoms with Gasteiger partial charge in [-0.3, -0.25) is 0 Å². The summed E-state index contributed by atoms with van der Waals surface area (Å²) in [5.74, 6) is 0. The van der Waals surface area contributed by atoms with Crippen molar-refractivity contribution in [2.45, 2.75) is 0 Å². The van der Waals surface area contributed by atoms with Crippen LogP contribution in [0.15, 0.2) is 0 Å². The Balaban J connectivity index is -0.00000000889. The standard InChI is InChI=1S/Mg.Na.H3O7PS.7H2O.2H/c;;1-8(2,3)7-9(4,5)6;;;;;;;;;/h;;(H2,1,2,3)(H,4,5,6);7*1H2;;/q;+1;;;;;;;;;;/p-1. The molecule has 0 saturated carbocycles. The SMILES string of the molecule is O.O.O.O.O.O.O.O=P(O)(O)OS(=O)(=O)[O-].[MgH2].[Na+]. The fourth-order valence-electron chi connectivity index (χ4n) is 0.119. The second kappa shape index (κ2) is 27.0. The van der Waals surface area contributed by atoms with Gasteiger partial charge in [0.1, 0.15) is 0 Å². The van der Waals surface area contributed by atoms with Crippen molar-refractivity contribution in [1.29, 1.82) is 0 Å². The molecule has 18 heavy (non-hydrogen) atoms. The van der Waals surface area contributed by atoms with Crippen LogP contribution in [0.3, 0.4) is 0 Å². The number of phosphoric acid groups is 1. The van der Waals surface area contributed by atoms with Crippen LogP contribution in [0.4, 0.5) is 0 Å². The molecule has 0 aromatic carbocycles. The first-order valence-electron chi connectivity index (χ1n) is 1.43. The van der Waals surface area contributed by atoms with Gasteiger partial charge in [-0.15, -0.1) is 0 Å². The molecule has 0 aliphatic heterocycles. The molecule has 0 bridgehead atoms. The first-order chi connectivity index (χ1) is 3.71. The van der Waals surface area contributed by atoms with Crippen LogP contribution in [-0.4, -0.2) is 84.1 Å². The maximum Gasteiger partial charge on any atom is 1.00 e. The summed E-state index contributed by atoms with van der Waals surface area (Å²) in [6, 6.07) is 0. The number of hydrogen-bond acceptors (Lipinski definition) is 5. The van der Waals surface area contributed by atoms with Crippen LogP contribution < -0.4 is 29.6 Å². The molecule has 0 atom stereocenters. The van der Waals surface area contributed by atoms with Gasteiger partial charge in [0.2, 0.25) is 10.4 Å². The zero-order valence-corrected chi connectivity index (χ0v) is 12.0. The molecule has 16 N–H and O–H groups in total. The van der Waals surface area contributed by atoms with E-state index in [0.29, 0.717) is 0 Å². The topological polar surface area (TPSA) is 344 Å². The summed E-state index contributed by atoms with van der Waals surface area (Å²) in [4.78, 5) is 15.3. The quantitative estimate of drug-likeness (QED) is 0.208. The van der Waals surface area contributed by atoms with Gasteiger partial charge in [-0.1, -0.05) is 0 Å². The predicted octanol–water partition coefficient (Wildman–Crippen LogP) is -11.1. The second-order valence-corrected chi connectivity index (χ2v) is 3.37.